The smallest absolute Gasteiger partial charge is 0.255 e. The van der Waals surface area contributed by atoms with Crippen LogP contribution < -0.4 is 15.0 Å². The second kappa shape index (κ2) is 11.5. The molecular formula is C29H32N2O3S. The van der Waals surface area contributed by atoms with Crippen molar-refractivity contribution in [2.24, 2.45) is 0 Å². The number of carbonyl (C=O) groups excluding carboxylic acids is 2. The standard InChI is InChI=1S/C29H32N2O3S/c1-4-5-6-7-21-9-11-22(12-10-21)28(33)30-24-15-13-23(14-16-24)29-31(27(32)19-35-29)25-18-20(2)8-17-26(25)34-3/h8-18,29H,4-7,19H2,1-3H3,(H,30,33). The minimum absolute atomic E-state index is 0.0550. The van der Waals surface area contributed by atoms with Crippen LogP contribution in [0.25, 0.3) is 0 Å². The third-order valence-electron chi connectivity index (χ3n) is 6.20. The van der Waals surface area contributed by atoms with Gasteiger partial charge in [-0.25, -0.2) is 0 Å². The first-order valence-electron chi connectivity index (χ1n) is 12.1. The molecule has 1 aliphatic heterocycles. The molecule has 1 atom stereocenters. The number of hydrogen-bond acceptors (Lipinski definition) is 4. The highest BCUT2D eigenvalue weighted by molar-refractivity contribution is 8.00. The van der Waals surface area contributed by atoms with E-state index in [-0.39, 0.29) is 17.2 Å². The molecule has 2 amide bonds. The number of ether oxygens (including phenoxy) is 1. The third-order valence-corrected chi connectivity index (χ3v) is 7.41. The Morgan fingerprint density at radius 2 is 1.80 bits per heavy atom. The number of nitrogens with one attached hydrogen (secondary N) is 1. The molecule has 0 bridgehead atoms. The fourth-order valence-electron chi connectivity index (χ4n) is 4.26. The van der Waals surface area contributed by atoms with Crippen LogP contribution >= 0.6 is 11.8 Å². The van der Waals surface area contributed by atoms with Crippen LogP contribution in [-0.4, -0.2) is 24.7 Å². The average molecular weight is 489 g/mol. The Morgan fingerprint density at radius 3 is 2.49 bits per heavy atom. The molecule has 1 unspecified atom stereocenters. The topological polar surface area (TPSA) is 58.6 Å². The molecule has 0 aliphatic carbocycles. The molecule has 1 aliphatic rings. The van der Waals surface area contributed by atoms with Crippen LogP contribution in [0.15, 0.2) is 66.7 Å². The van der Waals surface area contributed by atoms with Crippen molar-refractivity contribution in [1.29, 1.82) is 0 Å². The Bertz CT molecular complexity index is 1180. The molecule has 4 rings (SSSR count). The zero-order valence-corrected chi connectivity index (χ0v) is 21.4. The highest BCUT2D eigenvalue weighted by atomic mass is 32.2. The molecule has 0 aromatic heterocycles. The molecule has 5 nitrogen and oxygen atoms in total. The van der Waals surface area contributed by atoms with Gasteiger partial charge in [-0.1, -0.05) is 50.1 Å². The SMILES string of the molecule is CCCCCc1ccc(C(=O)Nc2ccc(C3SCC(=O)N3c3cc(C)ccc3OC)cc2)cc1. The van der Waals surface area contributed by atoms with Crippen molar-refractivity contribution in [1.82, 2.24) is 0 Å². The molecule has 1 saturated heterocycles. The summed E-state index contributed by atoms with van der Waals surface area (Å²) in [5.41, 5.74) is 5.47. The number of anilines is 2. The molecule has 6 heteroatoms. The predicted molar refractivity (Wildman–Crippen MR) is 144 cm³/mol. The summed E-state index contributed by atoms with van der Waals surface area (Å²) in [4.78, 5) is 27.3. The van der Waals surface area contributed by atoms with Gasteiger partial charge in [-0.2, -0.15) is 0 Å². The Morgan fingerprint density at radius 1 is 1.06 bits per heavy atom. The van der Waals surface area contributed by atoms with Crippen LogP contribution in [0.1, 0.15) is 58.6 Å². The highest BCUT2D eigenvalue weighted by Gasteiger charge is 2.35. The maximum Gasteiger partial charge on any atom is 0.255 e. The van der Waals surface area contributed by atoms with Crippen LogP contribution in [-0.2, 0) is 11.2 Å². The van der Waals surface area contributed by atoms with Crippen molar-refractivity contribution < 1.29 is 14.3 Å². The third kappa shape index (κ3) is 5.88. The van der Waals surface area contributed by atoms with Gasteiger partial charge in [-0.15, -0.1) is 11.8 Å². The maximum absolute atomic E-state index is 12.8. The molecule has 0 radical (unpaired) electrons. The van der Waals surface area contributed by atoms with Gasteiger partial charge in [0, 0.05) is 11.3 Å². The fraction of sp³-hybridized carbons (Fsp3) is 0.310. The molecule has 35 heavy (non-hydrogen) atoms. The molecule has 1 heterocycles. The summed E-state index contributed by atoms with van der Waals surface area (Å²) >= 11 is 1.59. The summed E-state index contributed by atoms with van der Waals surface area (Å²) in [6.45, 7) is 4.20. The van der Waals surface area contributed by atoms with Crippen LogP contribution in [0.3, 0.4) is 0 Å². The molecule has 0 spiro atoms. The van der Waals surface area contributed by atoms with E-state index in [0.29, 0.717) is 17.1 Å². The monoisotopic (exact) mass is 488 g/mol. The van der Waals surface area contributed by atoms with Gasteiger partial charge in [0.05, 0.1) is 18.6 Å². The van der Waals surface area contributed by atoms with E-state index in [2.05, 4.69) is 12.2 Å². The Kier molecular flexibility index (Phi) is 8.13. The van der Waals surface area contributed by atoms with Crippen LogP contribution in [0.4, 0.5) is 11.4 Å². The van der Waals surface area contributed by atoms with Gasteiger partial charge >= 0.3 is 0 Å². The van der Waals surface area contributed by atoms with E-state index < -0.39 is 0 Å². The van der Waals surface area contributed by atoms with E-state index >= 15 is 0 Å². The van der Waals surface area contributed by atoms with Crippen molar-refractivity contribution in [3.8, 4) is 5.75 Å². The van der Waals surface area contributed by atoms with Gasteiger partial charge in [0.25, 0.3) is 5.91 Å². The first-order valence-corrected chi connectivity index (χ1v) is 13.1. The van der Waals surface area contributed by atoms with Gasteiger partial charge in [0.15, 0.2) is 0 Å². The minimum atomic E-state index is -0.150. The number of hydrogen-bond donors (Lipinski definition) is 1. The number of amides is 2. The van der Waals surface area contributed by atoms with Crippen molar-refractivity contribution in [2.45, 2.75) is 44.9 Å². The van der Waals surface area contributed by atoms with Crippen molar-refractivity contribution in [3.05, 3.63) is 89.0 Å². The molecule has 3 aromatic carbocycles. The van der Waals surface area contributed by atoms with Gasteiger partial charge < -0.3 is 10.1 Å². The molecular weight excluding hydrogens is 456 g/mol. The molecule has 3 aromatic rings. The van der Waals surface area contributed by atoms with E-state index in [1.807, 2.05) is 78.6 Å². The number of aryl methyl sites for hydroxylation is 2. The number of carbonyl (C=O) groups is 2. The Labute approximate surface area is 211 Å². The van der Waals surface area contributed by atoms with Crippen molar-refractivity contribution in [2.75, 3.05) is 23.1 Å². The summed E-state index contributed by atoms with van der Waals surface area (Å²) < 4.78 is 5.53. The lowest BCUT2D eigenvalue weighted by Gasteiger charge is -2.26. The van der Waals surface area contributed by atoms with Crippen LogP contribution in [0.5, 0.6) is 5.75 Å². The average Bonchev–Trinajstić information content (AvgIpc) is 3.26. The zero-order chi connectivity index (χ0) is 24.8. The van der Waals surface area contributed by atoms with Gasteiger partial charge in [-0.05, 0) is 72.9 Å². The highest BCUT2D eigenvalue weighted by Crippen LogP contribution is 2.45. The number of unbranched alkanes of at least 4 members (excludes halogenated alkanes) is 2. The van der Waals surface area contributed by atoms with Crippen LogP contribution in [0, 0.1) is 6.92 Å². The van der Waals surface area contributed by atoms with Gasteiger partial charge in [0.2, 0.25) is 5.91 Å². The van der Waals surface area contributed by atoms with Crippen molar-refractivity contribution in [3.63, 3.8) is 0 Å². The quantitative estimate of drug-likeness (QED) is 0.338. The summed E-state index contributed by atoms with van der Waals surface area (Å²) in [6, 6.07) is 21.4. The predicted octanol–water partition coefficient (Wildman–Crippen LogP) is 6.77. The fourth-order valence-corrected chi connectivity index (χ4v) is 5.42. The largest absolute Gasteiger partial charge is 0.495 e. The van der Waals surface area contributed by atoms with E-state index in [1.165, 1.54) is 24.8 Å². The summed E-state index contributed by atoms with van der Waals surface area (Å²) in [6.07, 6.45) is 4.65. The van der Waals surface area contributed by atoms with Gasteiger partial charge in [-0.3, -0.25) is 14.5 Å². The maximum atomic E-state index is 12.8. The minimum Gasteiger partial charge on any atom is -0.495 e. The van der Waals surface area contributed by atoms with E-state index in [0.717, 1.165) is 28.9 Å². The second-order valence-corrected chi connectivity index (χ2v) is 9.90. The number of thioether (sulfide) groups is 1. The lowest BCUT2D eigenvalue weighted by molar-refractivity contribution is -0.115. The summed E-state index contributed by atoms with van der Waals surface area (Å²) in [5, 5.41) is 2.83. The summed E-state index contributed by atoms with van der Waals surface area (Å²) in [5.74, 6) is 1.01. The zero-order valence-electron chi connectivity index (χ0n) is 20.5. The van der Waals surface area contributed by atoms with Crippen LogP contribution in [0.2, 0.25) is 0 Å². The summed E-state index contributed by atoms with van der Waals surface area (Å²) in [7, 11) is 1.62. The Hall–Kier alpha value is -3.25. The number of rotatable bonds is 9. The second-order valence-electron chi connectivity index (χ2n) is 8.83. The first-order chi connectivity index (χ1) is 17.0. The van der Waals surface area contributed by atoms with E-state index in [9.17, 15) is 9.59 Å². The normalized spacial score (nSPS) is 15.3. The molecule has 0 saturated carbocycles. The van der Waals surface area contributed by atoms with E-state index in [4.69, 9.17) is 4.74 Å². The lowest BCUT2D eigenvalue weighted by Crippen LogP contribution is -2.28. The number of nitrogens with zero attached hydrogens (tertiary/aromatic N) is 1. The number of methoxy groups -OCH3 is 1. The molecule has 182 valence electrons. The molecule has 1 N–H and O–H groups in total. The van der Waals surface area contributed by atoms with Gasteiger partial charge in [0.1, 0.15) is 11.1 Å². The number of benzene rings is 3. The van der Waals surface area contributed by atoms with E-state index in [1.54, 1.807) is 18.9 Å². The Balaban J connectivity index is 1.45. The first kappa shape index (κ1) is 24.9. The molecule has 1 fully saturated rings. The van der Waals surface area contributed by atoms with Crippen molar-refractivity contribution >= 4 is 35.0 Å². The lowest BCUT2D eigenvalue weighted by atomic mass is 10.0.